The Morgan fingerprint density at radius 1 is 0.914 bits per heavy atom. The zero-order valence-electron chi connectivity index (χ0n) is 20.5. The highest BCUT2D eigenvalue weighted by Crippen LogP contribution is 2.44. The van der Waals surface area contributed by atoms with E-state index in [2.05, 4.69) is 22.8 Å². The zero-order chi connectivity index (χ0) is 25.6. The van der Waals surface area contributed by atoms with Gasteiger partial charge in [-0.15, -0.1) is 0 Å². The summed E-state index contributed by atoms with van der Waals surface area (Å²) < 4.78 is 5.57. The fourth-order valence-corrected chi connectivity index (χ4v) is 4.64. The van der Waals surface area contributed by atoms with Crippen molar-refractivity contribution >= 4 is 18.0 Å². The molecule has 0 saturated carbocycles. The number of carboxylic acid groups (broad SMARTS) is 1. The quantitative estimate of drug-likeness (QED) is 0.387. The van der Waals surface area contributed by atoms with Crippen LogP contribution < -0.4 is 10.6 Å². The number of hydrogen-bond donors (Lipinski definition) is 4. The second-order valence-electron chi connectivity index (χ2n) is 9.42. The Morgan fingerprint density at radius 2 is 1.46 bits per heavy atom. The molecule has 188 valence electrons. The molecule has 1 aliphatic rings. The summed E-state index contributed by atoms with van der Waals surface area (Å²) in [6.45, 7) is 5.08. The third-order valence-corrected chi connectivity index (χ3v) is 6.91. The number of benzene rings is 2. The summed E-state index contributed by atoms with van der Waals surface area (Å²) in [6, 6.07) is 16.2. The van der Waals surface area contributed by atoms with E-state index in [0.717, 1.165) is 22.3 Å². The van der Waals surface area contributed by atoms with E-state index < -0.39 is 29.5 Å². The van der Waals surface area contributed by atoms with E-state index in [-0.39, 0.29) is 31.5 Å². The molecule has 8 nitrogen and oxygen atoms in total. The Hall–Kier alpha value is -3.39. The molecule has 2 aromatic carbocycles. The van der Waals surface area contributed by atoms with Gasteiger partial charge >= 0.3 is 12.1 Å². The molecule has 0 spiro atoms. The molecule has 0 heterocycles. The standard InChI is InChI=1S/C27H34N2O6/c1-4-27(5-2,24(32)28-16-26(3,34)14-23(30)31)17-29-25(33)35-15-22-20-12-8-6-10-18(20)19-11-7-9-13-21(19)22/h6-13,22,34H,4-5,14-17H2,1-3H3,(H,28,32)(H,29,33)(H,30,31). The first-order valence-electron chi connectivity index (χ1n) is 11.9. The third-order valence-electron chi connectivity index (χ3n) is 6.91. The number of aliphatic hydroxyl groups is 1. The van der Waals surface area contributed by atoms with E-state index in [1.54, 1.807) is 0 Å². The number of fused-ring (bicyclic) bond motifs is 3. The maximum atomic E-state index is 13.0. The minimum absolute atomic E-state index is 0.0591. The number of nitrogens with one attached hydrogen (secondary N) is 2. The summed E-state index contributed by atoms with van der Waals surface area (Å²) >= 11 is 0. The minimum atomic E-state index is -1.57. The van der Waals surface area contributed by atoms with Crippen molar-refractivity contribution in [2.45, 2.75) is 51.6 Å². The molecule has 0 bridgehead atoms. The molecular formula is C27H34N2O6. The summed E-state index contributed by atoms with van der Waals surface area (Å²) in [5.41, 5.74) is 2.03. The van der Waals surface area contributed by atoms with Crippen molar-refractivity contribution in [2.75, 3.05) is 19.7 Å². The molecule has 8 heteroatoms. The maximum absolute atomic E-state index is 13.0. The second-order valence-corrected chi connectivity index (χ2v) is 9.42. The van der Waals surface area contributed by atoms with Gasteiger partial charge in [0.05, 0.1) is 17.4 Å². The molecule has 35 heavy (non-hydrogen) atoms. The van der Waals surface area contributed by atoms with Crippen molar-refractivity contribution in [3.05, 3.63) is 59.7 Å². The SMILES string of the molecule is CCC(CC)(CNC(=O)OCC1c2ccccc2-c2ccccc21)C(=O)NCC(C)(O)CC(=O)O. The van der Waals surface area contributed by atoms with Crippen molar-refractivity contribution in [2.24, 2.45) is 5.41 Å². The first-order valence-corrected chi connectivity index (χ1v) is 11.9. The molecule has 0 radical (unpaired) electrons. The number of amides is 2. The van der Waals surface area contributed by atoms with E-state index in [1.165, 1.54) is 6.92 Å². The molecule has 2 aromatic rings. The van der Waals surface area contributed by atoms with Crippen molar-refractivity contribution in [3.8, 4) is 11.1 Å². The van der Waals surface area contributed by atoms with Gasteiger partial charge in [-0.2, -0.15) is 0 Å². The highest BCUT2D eigenvalue weighted by molar-refractivity contribution is 5.84. The van der Waals surface area contributed by atoms with Gasteiger partial charge in [-0.3, -0.25) is 9.59 Å². The van der Waals surface area contributed by atoms with Gasteiger partial charge in [0, 0.05) is 19.0 Å². The first kappa shape index (κ1) is 26.2. The fourth-order valence-electron chi connectivity index (χ4n) is 4.64. The number of carboxylic acids is 1. The van der Waals surface area contributed by atoms with Crippen LogP contribution in [0, 0.1) is 5.41 Å². The second kappa shape index (κ2) is 10.9. The summed E-state index contributed by atoms with van der Waals surface area (Å²) in [5.74, 6) is -1.57. The summed E-state index contributed by atoms with van der Waals surface area (Å²) in [6.07, 6.45) is -0.208. The van der Waals surface area contributed by atoms with E-state index >= 15 is 0 Å². The minimum Gasteiger partial charge on any atom is -0.481 e. The molecule has 0 fully saturated rings. The van der Waals surface area contributed by atoms with Crippen LogP contribution in [0.2, 0.25) is 0 Å². The molecule has 0 saturated heterocycles. The fraction of sp³-hybridized carbons (Fsp3) is 0.444. The Kier molecular flexibility index (Phi) is 8.17. The van der Waals surface area contributed by atoms with Crippen LogP contribution in [-0.2, 0) is 14.3 Å². The van der Waals surface area contributed by atoms with Gasteiger partial charge in [-0.25, -0.2) is 4.79 Å². The predicted molar refractivity (Wildman–Crippen MR) is 132 cm³/mol. The van der Waals surface area contributed by atoms with E-state index in [9.17, 15) is 19.5 Å². The first-order chi connectivity index (χ1) is 16.6. The molecule has 2 amide bonds. The Morgan fingerprint density at radius 3 is 1.97 bits per heavy atom. The lowest BCUT2D eigenvalue weighted by Gasteiger charge is -2.32. The van der Waals surface area contributed by atoms with Crippen LogP contribution in [0.5, 0.6) is 0 Å². The number of rotatable bonds is 11. The Labute approximate surface area is 205 Å². The summed E-state index contributed by atoms with van der Waals surface area (Å²) in [5, 5.41) is 24.5. The van der Waals surface area contributed by atoms with Gasteiger partial charge in [0.2, 0.25) is 5.91 Å². The average molecular weight is 483 g/mol. The third kappa shape index (κ3) is 6.00. The van der Waals surface area contributed by atoms with Gasteiger partial charge in [0.25, 0.3) is 0 Å². The molecule has 3 rings (SSSR count). The van der Waals surface area contributed by atoms with Crippen LogP contribution in [0.25, 0.3) is 11.1 Å². The van der Waals surface area contributed by atoms with Crippen molar-refractivity contribution in [1.82, 2.24) is 10.6 Å². The van der Waals surface area contributed by atoms with E-state index in [4.69, 9.17) is 9.84 Å². The van der Waals surface area contributed by atoms with Crippen molar-refractivity contribution in [3.63, 3.8) is 0 Å². The normalized spacial score (nSPS) is 14.4. The highest BCUT2D eigenvalue weighted by atomic mass is 16.5. The monoisotopic (exact) mass is 482 g/mol. The number of hydrogen-bond acceptors (Lipinski definition) is 5. The summed E-state index contributed by atoms with van der Waals surface area (Å²) in [7, 11) is 0. The largest absolute Gasteiger partial charge is 0.481 e. The van der Waals surface area contributed by atoms with Gasteiger partial charge in [-0.05, 0) is 42.0 Å². The van der Waals surface area contributed by atoms with Crippen LogP contribution >= 0.6 is 0 Å². The van der Waals surface area contributed by atoms with Gasteiger partial charge < -0.3 is 25.6 Å². The van der Waals surface area contributed by atoms with Gasteiger partial charge in [0.1, 0.15) is 6.61 Å². The topological polar surface area (TPSA) is 125 Å². The number of carbonyl (C=O) groups is 3. The molecule has 1 atom stereocenters. The number of alkyl carbamates (subject to hydrolysis) is 1. The predicted octanol–water partition coefficient (Wildman–Crippen LogP) is 3.67. The van der Waals surface area contributed by atoms with Crippen LogP contribution in [-0.4, -0.2) is 53.5 Å². The Balaban J connectivity index is 1.59. The lowest BCUT2D eigenvalue weighted by Crippen LogP contribution is -2.51. The van der Waals surface area contributed by atoms with Crippen molar-refractivity contribution in [1.29, 1.82) is 0 Å². The van der Waals surface area contributed by atoms with Crippen LogP contribution in [0.15, 0.2) is 48.5 Å². The number of aliphatic carboxylic acids is 1. The smallest absolute Gasteiger partial charge is 0.407 e. The molecule has 1 unspecified atom stereocenters. The Bertz CT molecular complexity index is 1030. The molecule has 4 N–H and O–H groups in total. The van der Waals surface area contributed by atoms with Gasteiger partial charge in [0.15, 0.2) is 0 Å². The molecule has 0 aliphatic heterocycles. The molecular weight excluding hydrogens is 448 g/mol. The lowest BCUT2D eigenvalue weighted by atomic mass is 9.81. The van der Waals surface area contributed by atoms with Crippen LogP contribution in [0.1, 0.15) is 57.1 Å². The van der Waals surface area contributed by atoms with Crippen LogP contribution in [0.3, 0.4) is 0 Å². The number of ether oxygens (including phenoxy) is 1. The van der Waals surface area contributed by atoms with Crippen LogP contribution in [0.4, 0.5) is 4.79 Å². The summed E-state index contributed by atoms with van der Waals surface area (Å²) in [4.78, 5) is 36.5. The van der Waals surface area contributed by atoms with E-state index in [0.29, 0.717) is 12.8 Å². The molecule has 0 aromatic heterocycles. The van der Waals surface area contributed by atoms with Gasteiger partial charge in [-0.1, -0.05) is 62.4 Å². The zero-order valence-corrected chi connectivity index (χ0v) is 20.5. The van der Waals surface area contributed by atoms with Crippen molar-refractivity contribution < 1.29 is 29.3 Å². The maximum Gasteiger partial charge on any atom is 0.407 e. The number of carbonyl (C=O) groups excluding carboxylic acids is 2. The average Bonchev–Trinajstić information content (AvgIpc) is 3.15. The lowest BCUT2D eigenvalue weighted by molar-refractivity contribution is -0.143. The van der Waals surface area contributed by atoms with E-state index in [1.807, 2.05) is 50.2 Å². The highest BCUT2D eigenvalue weighted by Gasteiger charge is 2.37. The molecule has 1 aliphatic carbocycles.